The summed E-state index contributed by atoms with van der Waals surface area (Å²) in [6.45, 7) is 5.54. The first-order valence-corrected chi connectivity index (χ1v) is 9.84. The fraction of sp³-hybridized carbons (Fsp3) is 0.286. The zero-order chi connectivity index (χ0) is 19.1. The van der Waals surface area contributed by atoms with Gasteiger partial charge in [0.1, 0.15) is 0 Å². The number of anilines is 1. The molecule has 0 aliphatic heterocycles. The average molecular weight is 379 g/mol. The molecule has 0 unspecified atom stereocenters. The molecule has 5 nitrogen and oxygen atoms in total. The molecule has 0 spiro atoms. The van der Waals surface area contributed by atoms with E-state index in [4.69, 9.17) is 0 Å². The molecule has 1 amide bonds. The Morgan fingerprint density at radius 3 is 2.52 bits per heavy atom. The number of Topliss-reactive ketones (excluding diaryl/α,β-unsaturated/α-hetero) is 1. The lowest BCUT2D eigenvalue weighted by Crippen LogP contribution is -2.13. The number of aryl methyl sites for hydroxylation is 1. The number of ketones is 1. The van der Waals surface area contributed by atoms with E-state index in [-0.39, 0.29) is 11.7 Å². The summed E-state index contributed by atoms with van der Waals surface area (Å²) in [5.74, 6) is -0.239. The van der Waals surface area contributed by atoms with E-state index in [2.05, 4.69) is 14.9 Å². The van der Waals surface area contributed by atoms with Crippen molar-refractivity contribution in [1.29, 1.82) is 0 Å². The summed E-state index contributed by atoms with van der Waals surface area (Å²) in [5, 5.41) is 3.33. The van der Waals surface area contributed by atoms with Gasteiger partial charge in [0.25, 0.3) is 5.91 Å². The van der Waals surface area contributed by atoms with E-state index in [0.29, 0.717) is 27.3 Å². The second-order valence-electron chi connectivity index (χ2n) is 6.96. The van der Waals surface area contributed by atoms with Crippen LogP contribution in [0.5, 0.6) is 0 Å². The van der Waals surface area contributed by atoms with Gasteiger partial charge in [0.05, 0.1) is 16.1 Å². The fourth-order valence-corrected chi connectivity index (χ4v) is 4.35. The van der Waals surface area contributed by atoms with Gasteiger partial charge < -0.3 is 4.57 Å². The Morgan fingerprint density at radius 2 is 1.89 bits per heavy atom. The number of carbonyl (C=O) groups is 2. The lowest BCUT2D eigenvalue weighted by atomic mass is 10.1. The molecule has 1 fully saturated rings. The Balaban J connectivity index is 1.64. The molecule has 0 bridgehead atoms. The highest BCUT2D eigenvalue weighted by atomic mass is 32.1. The molecule has 1 aromatic carbocycles. The first-order chi connectivity index (χ1) is 13.0. The molecule has 1 saturated carbocycles. The van der Waals surface area contributed by atoms with Crippen molar-refractivity contribution in [1.82, 2.24) is 9.55 Å². The molecule has 1 aliphatic rings. The number of thiazole rings is 1. The molecule has 6 heteroatoms. The van der Waals surface area contributed by atoms with Crippen LogP contribution in [0.15, 0.2) is 36.4 Å². The van der Waals surface area contributed by atoms with Gasteiger partial charge in [0, 0.05) is 29.9 Å². The van der Waals surface area contributed by atoms with Crippen molar-refractivity contribution < 1.29 is 9.59 Å². The Bertz CT molecular complexity index is 1030. The number of nitrogens with zero attached hydrogens (tertiary/aromatic N) is 2. The van der Waals surface area contributed by atoms with Crippen LogP contribution < -0.4 is 5.32 Å². The number of hydrogen-bond donors (Lipinski definition) is 1. The van der Waals surface area contributed by atoms with Gasteiger partial charge >= 0.3 is 0 Å². The zero-order valence-corrected chi connectivity index (χ0v) is 16.4. The topological polar surface area (TPSA) is 64.0 Å². The van der Waals surface area contributed by atoms with Crippen LogP contribution >= 0.6 is 11.3 Å². The van der Waals surface area contributed by atoms with Crippen molar-refractivity contribution in [2.75, 3.05) is 5.32 Å². The molecule has 3 aromatic rings. The van der Waals surface area contributed by atoms with Gasteiger partial charge in [0.2, 0.25) is 0 Å². The number of benzene rings is 1. The first-order valence-electron chi connectivity index (χ1n) is 9.02. The van der Waals surface area contributed by atoms with Crippen molar-refractivity contribution in [2.45, 2.75) is 39.7 Å². The summed E-state index contributed by atoms with van der Waals surface area (Å²) in [5.41, 5.74) is 4.24. The third kappa shape index (κ3) is 3.32. The molecule has 1 N–H and O–H groups in total. The molecule has 0 saturated heterocycles. The maximum absolute atomic E-state index is 12.8. The summed E-state index contributed by atoms with van der Waals surface area (Å²) in [6.07, 6.45) is 2.35. The second kappa shape index (κ2) is 6.78. The number of aromatic nitrogens is 2. The normalized spacial score (nSPS) is 13.6. The lowest BCUT2D eigenvalue weighted by Gasteiger charge is -2.07. The SMILES string of the molecule is CC(=O)c1sc(NC(=O)c2cc(C)n(C3CC3)c2C)nc1-c1ccccc1. The quantitative estimate of drug-likeness (QED) is 0.633. The van der Waals surface area contributed by atoms with Crippen molar-refractivity contribution in [2.24, 2.45) is 0 Å². The molecule has 1 aliphatic carbocycles. The van der Waals surface area contributed by atoms with Crippen LogP contribution in [0.3, 0.4) is 0 Å². The summed E-state index contributed by atoms with van der Waals surface area (Å²) in [4.78, 5) is 30.0. The minimum atomic E-state index is -0.182. The average Bonchev–Trinajstić information content (AvgIpc) is 3.30. The molecule has 138 valence electrons. The van der Waals surface area contributed by atoms with E-state index in [9.17, 15) is 9.59 Å². The van der Waals surface area contributed by atoms with Crippen molar-refractivity contribution >= 4 is 28.2 Å². The van der Waals surface area contributed by atoms with Gasteiger partial charge in [-0.15, -0.1) is 0 Å². The van der Waals surface area contributed by atoms with Crippen molar-refractivity contribution in [3.05, 3.63) is 58.2 Å². The van der Waals surface area contributed by atoms with E-state index in [1.807, 2.05) is 50.2 Å². The largest absolute Gasteiger partial charge is 0.345 e. The third-order valence-electron chi connectivity index (χ3n) is 4.86. The molecule has 0 atom stereocenters. The summed E-state index contributed by atoms with van der Waals surface area (Å²) >= 11 is 1.22. The number of amides is 1. The monoisotopic (exact) mass is 379 g/mol. The van der Waals surface area contributed by atoms with Gasteiger partial charge in [0.15, 0.2) is 10.9 Å². The Labute approximate surface area is 162 Å². The highest BCUT2D eigenvalue weighted by Gasteiger charge is 2.28. The molecule has 2 aromatic heterocycles. The van der Waals surface area contributed by atoms with Crippen LogP contribution in [0.2, 0.25) is 0 Å². The minimum absolute atomic E-state index is 0.0567. The smallest absolute Gasteiger partial charge is 0.259 e. The highest BCUT2D eigenvalue weighted by molar-refractivity contribution is 7.18. The Morgan fingerprint density at radius 1 is 1.19 bits per heavy atom. The van der Waals surface area contributed by atoms with Gasteiger partial charge in [-0.1, -0.05) is 41.7 Å². The van der Waals surface area contributed by atoms with Crippen LogP contribution in [-0.4, -0.2) is 21.2 Å². The standard InChI is InChI=1S/C21H21N3O2S/c1-12-11-17(13(2)24(12)16-9-10-16)20(26)23-21-22-18(19(27-21)14(3)25)15-7-5-4-6-8-15/h4-8,11,16H,9-10H2,1-3H3,(H,22,23,26). The second-order valence-corrected chi connectivity index (χ2v) is 7.96. The zero-order valence-electron chi connectivity index (χ0n) is 15.6. The summed E-state index contributed by atoms with van der Waals surface area (Å²) in [6, 6.07) is 12.0. The van der Waals surface area contributed by atoms with Crippen LogP contribution in [-0.2, 0) is 0 Å². The van der Waals surface area contributed by atoms with Crippen LogP contribution in [0.1, 0.15) is 57.2 Å². The number of carbonyl (C=O) groups excluding carboxylic acids is 2. The summed E-state index contributed by atoms with van der Waals surface area (Å²) < 4.78 is 2.24. The maximum Gasteiger partial charge on any atom is 0.259 e. The van der Waals surface area contributed by atoms with E-state index >= 15 is 0 Å². The molecular weight excluding hydrogens is 358 g/mol. The molecular formula is C21H21N3O2S. The third-order valence-corrected chi connectivity index (χ3v) is 5.93. The Hall–Kier alpha value is -2.73. The van der Waals surface area contributed by atoms with E-state index in [0.717, 1.165) is 17.0 Å². The summed E-state index contributed by atoms with van der Waals surface area (Å²) in [7, 11) is 0. The number of nitrogens with one attached hydrogen (secondary N) is 1. The van der Waals surface area contributed by atoms with Gasteiger partial charge in [-0.3, -0.25) is 14.9 Å². The van der Waals surface area contributed by atoms with Crippen LogP contribution in [0, 0.1) is 13.8 Å². The van der Waals surface area contributed by atoms with Gasteiger partial charge in [-0.25, -0.2) is 4.98 Å². The molecule has 4 rings (SSSR count). The molecule has 2 heterocycles. The van der Waals surface area contributed by atoms with Crippen molar-refractivity contribution in [3.63, 3.8) is 0 Å². The van der Waals surface area contributed by atoms with Gasteiger partial charge in [-0.2, -0.15) is 0 Å². The molecule has 0 radical (unpaired) electrons. The lowest BCUT2D eigenvalue weighted by molar-refractivity contribution is 0.101. The van der Waals surface area contributed by atoms with E-state index in [1.54, 1.807) is 0 Å². The van der Waals surface area contributed by atoms with Gasteiger partial charge in [-0.05, 0) is 32.8 Å². The minimum Gasteiger partial charge on any atom is -0.345 e. The number of hydrogen-bond acceptors (Lipinski definition) is 4. The number of rotatable bonds is 5. The predicted molar refractivity (Wildman–Crippen MR) is 108 cm³/mol. The van der Waals surface area contributed by atoms with Crippen molar-refractivity contribution in [3.8, 4) is 11.3 Å². The maximum atomic E-state index is 12.8. The first kappa shape index (κ1) is 17.7. The highest BCUT2D eigenvalue weighted by Crippen LogP contribution is 2.38. The van der Waals surface area contributed by atoms with E-state index < -0.39 is 0 Å². The van der Waals surface area contributed by atoms with E-state index in [1.165, 1.54) is 31.1 Å². The fourth-order valence-electron chi connectivity index (χ4n) is 3.47. The van der Waals surface area contributed by atoms with Crippen LogP contribution in [0.25, 0.3) is 11.3 Å². The van der Waals surface area contributed by atoms with Crippen LogP contribution in [0.4, 0.5) is 5.13 Å². The molecule has 27 heavy (non-hydrogen) atoms. The Kier molecular flexibility index (Phi) is 4.44. The predicted octanol–water partition coefficient (Wildman–Crippen LogP) is 5.02.